The maximum atomic E-state index is 12.4. The van der Waals surface area contributed by atoms with E-state index >= 15 is 0 Å². The third-order valence-corrected chi connectivity index (χ3v) is 5.58. The molecule has 20 heavy (non-hydrogen) atoms. The summed E-state index contributed by atoms with van der Waals surface area (Å²) >= 11 is 0. The molecule has 0 radical (unpaired) electrons. The first-order valence-corrected chi connectivity index (χ1v) is 8.31. The number of nitrogen functional groups attached to an aromatic ring is 1. The van der Waals surface area contributed by atoms with Crippen molar-refractivity contribution in [2.75, 3.05) is 12.3 Å². The summed E-state index contributed by atoms with van der Waals surface area (Å²) in [5.74, 6) is 0. The Kier molecular flexibility index (Phi) is 4.09. The number of anilines is 1. The Morgan fingerprint density at radius 3 is 2.50 bits per heavy atom. The van der Waals surface area contributed by atoms with Gasteiger partial charge in [0.05, 0.1) is 10.5 Å². The van der Waals surface area contributed by atoms with Crippen LogP contribution in [0.2, 0.25) is 0 Å². The third kappa shape index (κ3) is 3.13. The molecule has 1 aliphatic rings. The summed E-state index contributed by atoms with van der Waals surface area (Å²) in [6, 6.07) is 3.21. The Labute approximate surface area is 120 Å². The van der Waals surface area contributed by atoms with E-state index in [0.29, 0.717) is 24.1 Å². The fourth-order valence-electron chi connectivity index (χ4n) is 2.65. The molecule has 4 N–H and O–H groups in total. The minimum atomic E-state index is -3.65. The lowest BCUT2D eigenvalue weighted by Gasteiger charge is -2.22. The van der Waals surface area contributed by atoms with Gasteiger partial charge >= 0.3 is 0 Å². The van der Waals surface area contributed by atoms with E-state index in [-0.39, 0.29) is 11.4 Å². The Bertz CT molecular complexity index is 605. The smallest absolute Gasteiger partial charge is 0.241 e. The van der Waals surface area contributed by atoms with E-state index in [4.69, 9.17) is 5.73 Å². The molecule has 5 nitrogen and oxygen atoms in total. The summed E-state index contributed by atoms with van der Waals surface area (Å²) in [6.07, 6.45) is 3.16. The highest BCUT2D eigenvalue weighted by Gasteiger charge is 2.32. The maximum absolute atomic E-state index is 12.4. The van der Waals surface area contributed by atoms with Crippen LogP contribution in [0.3, 0.4) is 0 Å². The highest BCUT2D eigenvalue weighted by molar-refractivity contribution is 7.89. The Morgan fingerprint density at radius 1 is 1.30 bits per heavy atom. The third-order valence-electron chi connectivity index (χ3n) is 4.06. The lowest BCUT2D eigenvalue weighted by atomic mass is 10.0. The first kappa shape index (κ1) is 15.3. The zero-order chi connectivity index (χ0) is 15.0. The molecule has 1 aromatic rings. The van der Waals surface area contributed by atoms with Crippen LogP contribution in [-0.4, -0.2) is 25.7 Å². The lowest BCUT2D eigenvalue weighted by Crippen LogP contribution is -2.40. The molecule has 0 unspecified atom stereocenters. The van der Waals surface area contributed by atoms with Gasteiger partial charge in [-0.3, -0.25) is 0 Å². The van der Waals surface area contributed by atoms with E-state index in [1.807, 2.05) is 6.92 Å². The van der Waals surface area contributed by atoms with Crippen LogP contribution in [0.15, 0.2) is 17.0 Å². The second kappa shape index (κ2) is 5.35. The van der Waals surface area contributed by atoms with E-state index in [9.17, 15) is 13.5 Å². The highest BCUT2D eigenvalue weighted by Crippen LogP contribution is 2.29. The number of aryl methyl sites for hydroxylation is 1. The Hall–Kier alpha value is -1.11. The molecule has 0 atom stereocenters. The normalized spacial score (nSPS) is 18.4. The van der Waals surface area contributed by atoms with E-state index in [1.165, 1.54) is 6.07 Å². The number of sulfonamides is 1. The Morgan fingerprint density at radius 2 is 1.90 bits per heavy atom. The average molecular weight is 298 g/mol. The van der Waals surface area contributed by atoms with Crippen molar-refractivity contribution in [2.24, 2.45) is 0 Å². The standard InChI is InChI=1S/C14H22N2O3S/c1-10-7-12(15)8-13(11(10)2)20(18,19)16-9-14(17)5-3-4-6-14/h7-8,16-17H,3-6,9,15H2,1-2H3. The summed E-state index contributed by atoms with van der Waals surface area (Å²) in [6.45, 7) is 3.64. The summed E-state index contributed by atoms with van der Waals surface area (Å²) in [5, 5.41) is 10.2. The molecule has 6 heteroatoms. The van der Waals surface area contributed by atoms with Crippen molar-refractivity contribution in [3.8, 4) is 0 Å². The van der Waals surface area contributed by atoms with Crippen LogP contribution in [0.5, 0.6) is 0 Å². The number of benzene rings is 1. The van der Waals surface area contributed by atoms with E-state index in [1.54, 1.807) is 13.0 Å². The molecule has 1 aliphatic carbocycles. The number of nitrogens with two attached hydrogens (primary N) is 1. The summed E-state index contributed by atoms with van der Waals surface area (Å²) in [4.78, 5) is 0.191. The minimum Gasteiger partial charge on any atom is -0.399 e. The first-order valence-electron chi connectivity index (χ1n) is 6.82. The molecule has 2 rings (SSSR count). The van der Waals surface area contributed by atoms with Crippen LogP contribution in [0.25, 0.3) is 0 Å². The molecule has 0 heterocycles. The van der Waals surface area contributed by atoms with Gasteiger partial charge in [-0.2, -0.15) is 0 Å². The van der Waals surface area contributed by atoms with Gasteiger partial charge in [-0.1, -0.05) is 12.8 Å². The van der Waals surface area contributed by atoms with E-state index < -0.39 is 15.6 Å². The quantitative estimate of drug-likeness (QED) is 0.734. The second-order valence-corrected chi connectivity index (χ2v) is 7.45. The molecule has 0 amide bonds. The molecule has 112 valence electrons. The molecule has 1 saturated carbocycles. The molecule has 0 spiro atoms. The number of aliphatic hydroxyl groups is 1. The van der Waals surface area contributed by atoms with Crippen LogP contribution >= 0.6 is 0 Å². The van der Waals surface area contributed by atoms with Gasteiger partial charge in [0.25, 0.3) is 0 Å². The first-order chi connectivity index (χ1) is 9.23. The molecule has 0 aliphatic heterocycles. The summed E-state index contributed by atoms with van der Waals surface area (Å²) in [5.41, 5.74) is 6.77. The zero-order valence-electron chi connectivity index (χ0n) is 11.9. The van der Waals surface area contributed by atoms with Crippen molar-refractivity contribution in [1.82, 2.24) is 4.72 Å². The van der Waals surface area contributed by atoms with Crippen LogP contribution < -0.4 is 10.5 Å². The van der Waals surface area contributed by atoms with Gasteiger partial charge in [0, 0.05) is 12.2 Å². The predicted molar refractivity (Wildman–Crippen MR) is 78.9 cm³/mol. The van der Waals surface area contributed by atoms with Gasteiger partial charge in [0.2, 0.25) is 10.0 Å². The molecule has 0 bridgehead atoms. The van der Waals surface area contributed by atoms with Crippen molar-refractivity contribution in [3.63, 3.8) is 0 Å². The second-order valence-electron chi connectivity index (χ2n) is 5.72. The van der Waals surface area contributed by atoms with Gasteiger partial charge in [-0.15, -0.1) is 0 Å². The number of rotatable bonds is 4. The monoisotopic (exact) mass is 298 g/mol. The SMILES string of the molecule is Cc1cc(N)cc(S(=O)(=O)NCC2(O)CCCC2)c1C. The minimum absolute atomic E-state index is 0.0582. The van der Waals surface area contributed by atoms with Gasteiger partial charge in [0.15, 0.2) is 0 Å². The molecule has 0 aromatic heterocycles. The highest BCUT2D eigenvalue weighted by atomic mass is 32.2. The van der Waals surface area contributed by atoms with Crippen molar-refractivity contribution < 1.29 is 13.5 Å². The van der Waals surface area contributed by atoms with E-state index in [0.717, 1.165) is 18.4 Å². The van der Waals surface area contributed by atoms with Gasteiger partial charge in [-0.25, -0.2) is 13.1 Å². The number of hydrogen-bond acceptors (Lipinski definition) is 4. The molecule has 1 fully saturated rings. The fraction of sp³-hybridized carbons (Fsp3) is 0.571. The van der Waals surface area contributed by atoms with Crippen LogP contribution in [0.4, 0.5) is 5.69 Å². The van der Waals surface area contributed by atoms with Crippen molar-refractivity contribution in [2.45, 2.75) is 50.0 Å². The fourth-order valence-corrected chi connectivity index (χ4v) is 4.12. The maximum Gasteiger partial charge on any atom is 0.241 e. The lowest BCUT2D eigenvalue weighted by molar-refractivity contribution is 0.0532. The number of nitrogens with one attached hydrogen (secondary N) is 1. The molecular formula is C14H22N2O3S. The largest absolute Gasteiger partial charge is 0.399 e. The van der Waals surface area contributed by atoms with Crippen molar-refractivity contribution in [3.05, 3.63) is 23.3 Å². The van der Waals surface area contributed by atoms with Crippen molar-refractivity contribution >= 4 is 15.7 Å². The Balaban J connectivity index is 2.22. The summed E-state index contributed by atoms with van der Waals surface area (Å²) in [7, 11) is -3.65. The average Bonchev–Trinajstić information content (AvgIpc) is 2.79. The van der Waals surface area contributed by atoms with Gasteiger partial charge < -0.3 is 10.8 Å². The molecule has 1 aromatic carbocycles. The topological polar surface area (TPSA) is 92.4 Å². The van der Waals surface area contributed by atoms with Crippen LogP contribution in [0, 0.1) is 13.8 Å². The molecule has 0 saturated heterocycles. The summed E-state index contributed by atoms with van der Waals surface area (Å²) < 4.78 is 27.3. The zero-order valence-corrected chi connectivity index (χ0v) is 12.8. The predicted octanol–water partition coefficient (Wildman–Crippen LogP) is 1.47. The molecular weight excluding hydrogens is 276 g/mol. The van der Waals surface area contributed by atoms with E-state index in [2.05, 4.69) is 4.72 Å². The van der Waals surface area contributed by atoms with Crippen LogP contribution in [0.1, 0.15) is 36.8 Å². The van der Waals surface area contributed by atoms with Gasteiger partial charge in [-0.05, 0) is 49.9 Å². The van der Waals surface area contributed by atoms with Crippen molar-refractivity contribution in [1.29, 1.82) is 0 Å². The van der Waals surface area contributed by atoms with Crippen LogP contribution in [-0.2, 0) is 10.0 Å². The van der Waals surface area contributed by atoms with Gasteiger partial charge in [0.1, 0.15) is 0 Å². The number of hydrogen-bond donors (Lipinski definition) is 3.